The Balaban J connectivity index is 2.16. The third kappa shape index (κ3) is 3.50. The summed E-state index contributed by atoms with van der Waals surface area (Å²) in [6, 6.07) is 7.27. The number of nitrogens with zero attached hydrogens (tertiary/aromatic N) is 1. The van der Waals surface area contributed by atoms with E-state index in [4.69, 9.17) is 5.73 Å². The Kier molecular flexibility index (Phi) is 4.87. The van der Waals surface area contributed by atoms with Gasteiger partial charge < -0.3 is 10.6 Å². The standard InChI is InChI=1S/C17H28N2/c1-13-9-14(2)11-16(10-13)19(3)17(12-18)15-7-5-4-6-8-15/h9-11,15,17H,4-8,12,18H2,1-3H3. The fourth-order valence-corrected chi connectivity index (χ4v) is 3.53. The van der Waals surface area contributed by atoms with E-state index < -0.39 is 0 Å². The zero-order valence-corrected chi connectivity index (χ0v) is 12.7. The van der Waals surface area contributed by atoms with Crippen molar-refractivity contribution in [3.05, 3.63) is 29.3 Å². The molecule has 1 atom stereocenters. The number of likely N-dealkylation sites (N-methyl/N-ethyl adjacent to an activating group) is 1. The molecule has 19 heavy (non-hydrogen) atoms. The van der Waals surface area contributed by atoms with Gasteiger partial charge in [-0.2, -0.15) is 0 Å². The second kappa shape index (κ2) is 6.42. The zero-order valence-electron chi connectivity index (χ0n) is 12.7. The van der Waals surface area contributed by atoms with Gasteiger partial charge in [0.05, 0.1) is 0 Å². The number of nitrogens with two attached hydrogens (primary N) is 1. The molecular formula is C17H28N2. The molecule has 2 nitrogen and oxygen atoms in total. The molecule has 0 aliphatic heterocycles. The molecule has 106 valence electrons. The average Bonchev–Trinajstić information content (AvgIpc) is 2.39. The number of hydrogen-bond donors (Lipinski definition) is 1. The molecule has 1 aliphatic rings. The van der Waals surface area contributed by atoms with Crippen molar-refractivity contribution in [3.63, 3.8) is 0 Å². The van der Waals surface area contributed by atoms with Gasteiger partial charge in [-0.1, -0.05) is 25.3 Å². The Hall–Kier alpha value is -1.02. The van der Waals surface area contributed by atoms with Gasteiger partial charge in [-0.3, -0.25) is 0 Å². The summed E-state index contributed by atoms with van der Waals surface area (Å²) in [7, 11) is 2.21. The number of rotatable bonds is 4. The van der Waals surface area contributed by atoms with Crippen LogP contribution in [-0.2, 0) is 0 Å². The number of benzene rings is 1. The smallest absolute Gasteiger partial charge is 0.0437 e. The van der Waals surface area contributed by atoms with Crippen molar-refractivity contribution in [2.24, 2.45) is 11.7 Å². The van der Waals surface area contributed by atoms with E-state index in [1.807, 2.05) is 0 Å². The Morgan fingerprint density at radius 3 is 2.21 bits per heavy atom. The SMILES string of the molecule is Cc1cc(C)cc(N(C)C(CN)C2CCCCC2)c1. The maximum absolute atomic E-state index is 6.08. The predicted octanol–water partition coefficient (Wildman–Crippen LogP) is 3.65. The molecule has 1 aromatic rings. The number of anilines is 1. The fourth-order valence-electron chi connectivity index (χ4n) is 3.53. The summed E-state index contributed by atoms with van der Waals surface area (Å²) in [5, 5.41) is 0. The third-order valence-electron chi connectivity index (χ3n) is 4.55. The molecule has 1 unspecified atom stereocenters. The van der Waals surface area contributed by atoms with E-state index in [-0.39, 0.29) is 0 Å². The lowest BCUT2D eigenvalue weighted by Gasteiger charge is -2.37. The molecule has 0 aromatic heterocycles. The van der Waals surface area contributed by atoms with Crippen molar-refractivity contribution in [1.82, 2.24) is 0 Å². The molecule has 0 spiro atoms. The van der Waals surface area contributed by atoms with Crippen molar-refractivity contribution in [1.29, 1.82) is 0 Å². The minimum atomic E-state index is 0.487. The molecule has 1 aromatic carbocycles. The van der Waals surface area contributed by atoms with Gasteiger partial charge in [-0.15, -0.1) is 0 Å². The highest BCUT2D eigenvalue weighted by Crippen LogP contribution is 2.30. The maximum Gasteiger partial charge on any atom is 0.0437 e. The van der Waals surface area contributed by atoms with Gasteiger partial charge in [0.1, 0.15) is 0 Å². The molecule has 0 radical (unpaired) electrons. The summed E-state index contributed by atoms with van der Waals surface area (Å²) in [5.74, 6) is 0.768. The van der Waals surface area contributed by atoms with Crippen LogP contribution in [0.15, 0.2) is 18.2 Å². The number of hydrogen-bond acceptors (Lipinski definition) is 2. The summed E-state index contributed by atoms with van der Waals surface area (Å²) in [5.41, 5.74) is 10.1. The molecule has 2 N–H and O–H groups in total. The van der Waals surface area contributed by atoms with Crippen LogP contribution in [0, 0.1) is 19.8 Å². The first-order valence-corrected chi connectivity index (χ1v) is 7.63. The zero-order chi connectivity index (χ0) is 13.8. The molecule has 2 heteroatoms. The second-order valence-electron chi connectivity index (χ2n) is 6.16. The van der Waals surface area contributed by atoms with Crippen molar-refractivity contribution in [2.45, 2.75) is 52.0 Å². The molecule has 0 heterocycles. The Labute approximate surface area is 118 Å². The van der Waals surface area contributed by atoms with Crippen LogP contribution in [0.5, 0.6) is 0 Å². The van der Waals surface area contributed by atoms with Crippen LogP contribution in [0.3, 0.4) is 0 Å². The second-order valence-corrected chi connectivity index (χ2v) is 6.16. The summed E-state index contributed by atoms with van der Waals surface area (Å²) in [6.07, 6.45) is 6.85. The fraction of sp³-hybridized carbons (Fsp3) is 0.647. The van der Waals surface area contributed by atoms with Gasteiger partial charge in [0.15, 0.2) is 0 Å². The van der Waals surface area contributed by atoms with Crippen LogP contribution in [0.25, 0.3) is 0 Å². The highest BCUT2D eigenvalue weighted by Gasteiger charge is 2.26. The van der Waals surface area contributed by atoms with Crippen molar-refractivity contribution >= 4 is 5.69 Å². The van der Waals surface area contributed by atoms with Crippen LogP contribution in [0.4, 0.5) is 5.69 Å². The Morgan fingerprint density at radius 1 is 1.11 bits per heavy atom. The first-order chi connectivity index (χ1) is 9.11. The monoisotopic (exact) mass is 260 g/mol. The van der Waals surface area contributed by atoms with Crippen molar-refractivity contribution < 1.29 is 0 Å². The van der Waals surface area contributed by atoms with Crippen LogP contribution < -0.4 is 10.6 Å². The first kappa shape index (κ1) is 14.4. The molecule has 0 saturated heterocycles. The summed E-state index contributed by atoms with van der Waals surface area (Å²) in [6.45, 7) is 5.10. The summed E-state index contributed by atoms with van der Waals surface area (Å²) >= 11 is 0. The van der Waals surface area contributed by atoms with E-state index in [9.17, 15) is 0 Å². The lowest BCUT2D eigenvalue weighted by atomic mass is 9.83. The minimum Gasteiger partial charge on any atom is -0.370 e. The van der Waals surface area contributed by atoms with E-state index in [1.54, 1.807) is 0 Å². The molecule has 0 bridgehead atoms. The van der Waals surface area contributed by atoms with Crippen LogP contribution in [0.1, 0.15) is 43.2 Å². The minimum absolute atomic E-state index is 0.487. The van der Waals surface area contributed by atoms with Gasteiger partial charge in [0.2, 0.25) is 0 Å². The molecule has 0 amide bonds. The first-order valence-electron chi connectivity index (χ1n) is 7.63. The largest absolute Gasteiger partial charge is 0.370 e. The van der Waals surface area contributed by atoms with E-state index in [2.05, 4.69) is 44.0 Å². The van der Waals surface area contributed by atoms with E-state index in [0.29, 0.717) is 6.04 Å². The van der Waals surface area contributed by atoms with Gasteiger partial charge in [0, 0.05) is 25.3 Å². The van der Waals surface area contributed by atoms with Gasteiger partial charge >= 0.3 is 0 Å². The lowest BCUT2D eigenvalue weighted by Crippen LogP contribution is -2.44. The quantitative estimate of drug-likeness (QED) is 0.895. The van der Waals surface area contributed by atoms with Crippen LogP contribution in [0.2, 0.25) is 0 Å². The third-order valence-corrected chi connectivity index (χ3v) is 4.55. The predicted molar refractivity (Wildman–Crippen MR) is 83.7 cm³/mol. The normalized spacial score (nSPS) is 18.3. The van der Waals surface area contributed by atoms with Crippen molar-refractivity contribution in [2.75, 3.05) is 18.5 Å². The maximum atomic E-state index is 6.08. The highest BCUT2D eigenvalue weighted by molar-refractivity contribution is 5.51. The van der Waals surface area contributed by atoms with E-state index in [1.165, 1.54) is 48.9 Å². The molecular weight excluding hydrogens is 232 g/mol. The van der Waals surface area contributed by atoms with Gasteiger partial charge in [-0.25, -0.2) is 0 Å². The van der Waals surface area contributed by atoms with Gasteiger partial charge in [-0.05, 0) is 55.9 Å². The topological polar surface area (TPSA) is 29.3 Å². The number of aryl methyl sites for hydroxylation is 2. The van der Waals surface area contributed by atoms with E-state index in [0.717, 1.165) is 12.5 Å². The summed E-state index contributed by atoms with van der Waals surface area (Å²) in [4.78, 5) is 2.41. The summed E-state index contributed by atoms with van der Waals surface area (Å²) < 4.78 is 0. The van der Waals surface area contributed by atoms with Crippen molar-refractivity contribution in [3.8, 4) is 0 Å². The van der Waals surface area contributed by atoms with Gasteiger partial charge in [0.25, 0.3) is 0 Å². The van der Waals surface area contributed by atoms with E-state index >= 15 is 0 Å². The molecule has 2 rings (SSSR count). The highest BCUT2D eigenvalue weighted by atomic mass is 15.1. The molecule has 1 fully saturated rings. The van der Waals surface area contributed by atoms with Crippen LogP contribution >= 0.6 is 0 Å². The molecule has 1 saturated carbocycles. The Bertz CT molecular complexity index is 387. The average molecular weight is 260 g/mol. The van der Waals surface area contributed by atoms with Crippen LogP contribution in [-0.4, -0.2) is 19.6 Å². The Morgan fingerprint density at radius 2 is 1.68 bits per heavy atom. The lowest BCUT2D eigenvalue weighted by molar-refractivity contribution is 0.302. The molecule has 1 aliphatic carbocycles.